The number of benzene rings is 1. The van der Waals surface area contributed by atoms with Gasteiger partial charge in [-0.05, 0) is 37.5 Å². The van der Waals surface area contributed by atoms with Crippen molar-refractivity contribution in [2.24, 2.45) is 23.7 Å². The third kappa shape index (κ3) is 7.46. The maximum Gasteiger partial charge on any atom is 0.168 e. The Morgan fingerprint density at radius 3 is 1.74 bits per heavy atom. The van der Waals surface area contributed by atoms with Crippen LogP contribution in [0.2, 0.25) is 0 Å². The number of hydrogen-bond donors (Lipinski definition) is 1. The fourth-order valence-electron chi connectivity index (χ4n) is 6.04. The molecule has 0 heterocycles. The van der Waals surface area contributed by atoms with E-state index in [1.807, 2.05) is 24.3 Å². The van der Waals surface area contributed by atoms with Crippen molar-refractivity contribution >= 4 is 17.3 Å². The molecule has 0 bridgehead atoms. The van der Waals surface area contributed by atoms with Crippen molar-refractivity contribution in [3.05, 3.63) is 47.5 Å². The van der Waals surface area contributed by atoms with Crippen LogP contribution in [-0.2, 0) is 4.79 Å². The first-order valence-electron chi connectivity index (χ1n) is 14.1. The molecule has 0 saturated heterocycles. The predicted molar refractivity (Wildman–Crippen MR) is 141 cm³/mol. The molecule has 192 valence electrons. The highest BCUT2D eigenvalue weighted by Gasteiger charge is 2.48. The Morgan fingerprint density at radius 2 is 1.20 bits per heavy atom. The van der Waals surface area contributed by atoms with Crippen LogP contribution >= 0.6 is 0 Å². The molecule has 4 nitrogen and oxygen atoms in total. The van der Waals surface area contributed by atoms with Crippen molar-refractivity contribution in [2.45, 2.75) is 96.8 Å². The zero-order valence-corrected chi connectivity index (χ0v) is 21.6. The highest BCUT2D eigenvalue weighted by Crippen LogP contribution is 2.45. The van der Waals surface area contributed by atoms with E-state index in [4.69, 9.17) is 5.11 Å². The maximum absolute atomic E-state index is 13.6. The fourth-order valence-corrected chi connectivity index (χ4v) is 6.04. The molecule has 3 rings (SSSR count). The van der Waals surface area contributed by atoms with Gasteiger partial charge < -0.3 is 5.11 Å². The molecule has 1 aromatic carbocycles. The first-order chi connectivity index (χ1) is 17.1. The molecule has 4 unspecified atom stereocenters. The van der Waals surface area contributed by atoms with Gasteiger partial charge in [0.05, 0.1) is 0 Å². The van der Waals surface area contributed by atoms with Gasteiger partial charge >= 0.3 is 0 Å². The number of hydrogen-bond acceptors (Lipinski definition) is 4. The zero-order chi connectivity index (χ0) is 25.0. The van der Waals surface area contributed by atoms with Crippen molar-refractivity contribution in [2.75, 3.05) is 6.61 Å². The number of unbranched alkanes of at least 4 members (excludes halogenated alkanes) is 7. The van der Waals surface area contributed by atoms with Crippen LogP contribution in [0.1, 0.15) is 118 Å². The quantitative estimate of drug-likeness (QED) is 0.202. The Bertz CT molecular complexity index is 870. The molecular formula is C31H44O4. The SMILES string of the molecule is CCCCCCC1C=CC(CCCCCCCC(=O)CCCO)C2C(=O)c3ccccc3C(=O)C12. The van der Waals surface area contributed by atoms with Crippen LogP contribution in [0, 0.1) is 23.7 Å². The average molecular weight is 481 g/mol. The minimum absolute atomic E-state index is 0.0858. The van der Waals surface area contributed by atoms with Gasteiger partial charge in [0, 0.05) is 42.4 Å². The van der Waals surface area contributed by atoms with Gasteiger partial charge in [-0.1, -0.05) is 94.7 Å². The summed E-state index contributed by atoms with van der Waals surface area (Å²) in [4.78, 5) is 38.9. The Morgan fingerprint density at radius 1 is 0.714 bits per heavy atom. The summed E-state index contributed by atoms with van der Waals surface area (Å²) in [6, 6.07) is 7.41. The lowest BCUT2D eigenvalue weighted by molar-refractivity contribution is -0.119. The molecule has 0 spiro atoms. The van der Waals surface area contributed by atoms with E-state index in [0.29, 0.717) is 30.4 Å². The monoisotopic (exact) mass is 480 g/mol. The number of Topliss-reactive ketones (excluding diaryl/α,β-unsaturated/α-hetero) is 3. The second-order valence-corrected chi connectivity index (χ2v) is 10.6. The lowest BCUT2D eigenvalue weighted by Gasteiger charge is -2.41. The van der Waals surface area contributed by atoms with Gasteiger partial charge in [-0.3, -0.25) is 14.4 Å². The lowest BCUT2D eigenvalue weighted by Crippen LogP contribution is -2.45. The van der Waals surface area contributed by atoms with Gasteiger partial charge in [0.1, 0.15) is 5.78 Å². The normalized spacial score (nSPS) is 23.3. The number of aliphatic hydroxyl groups is 1. The van der Waals surface area contributed by atoms with Crippen LogP contribution in [0.3, 0.4) is 0 Å². The number of allylic oxidation sites excluding steroid dienone is 2. The van der Waals surface area contributed by atoms with Gasteiger partial charge in [0.25, 0.3) is 0 Å². The minimum atomic E-state index is -0.220. The van der Waals surface area contributed by atoms with Crippen molar-refractivity contribution < 1.29 is 19.5 Å². The van der Waals surface area contributed by atoms with E-state index in [-0.39, 0.29) is 47.6 Å². The molecule has 35 heavy (non-hydrogen) atoms. The Labute approximate surface area is 211 Å². The van der Waals surface area contributed by atoms with E-state index in [2.05, 4.69) is 19.1 Å². The first-order valence-corrected chi connectivity index (χ1v) is 14.1. The van der Waals surface area contributed by atoms with Gasteiger partial charge in [-0.2, -0.15) is 0 Å². The minimum Gasteiger partial charge on any atom is -0.396 e. The molecular weight excluding hydrogens is 436 g/mol. The zero-order valence-electron chi connectivity index (χ0n) is 21.6. The molecule has 0 fully saturated rings. The van der Waals surface area contributed by atoms with Gasteiger partial charge in [0.2, 0.25) is 0 Å². The van der Waals surface area contributed by atoms with Crippen LogP contribution in [0.4, 0.5) is 0 Å². The van der Waals surface area contributed by atoms with Gasteiger partial charge in [-0.25, -0.2) is 0 Å². The molecule has 4 atom stereocenters. The summed E-state index contributed by atoms with van der Waals surface area (Å²) in [5.74, 6) is 0.465. The van der Waals surface area contributed by atoms with Crippen LogP contribution < -0.4 is 0 Å². The topological polar surface area (TPSA) is 71.4 Å². The van der Waals surface area contributed by atoms with Crippen molar-refractivity contribution in [3.8, 4) is 0 Å². The molecule has 1 aromatic rings. The van der Waals surface area contributed by atoms with E-state index in [0.717, 1.165) is 51.4 Å². The largest absolute Gasteiger partial charge is 0.396 e. The van der Waals surface area contributed by atoms with Crippen molar-refractivity contribution in [1.29, 1.82) is 0 Å². The molecule has 0 saturated carbocycles. The van der Waals surface area contributed by atoms with Crippen LogP contribution in [0.15, 0.2) is 36.4 Å². The highest BCUT2D eigenvalue weighted by molar-refractivity contribution is 6.16. The first kappa shape index (κ1) is 27.5. The van der Waals surface area contributed by atoms with Crippen LogP contribution in [0.5, 0.6) is 0 Å². The van der Waals surface area contributed by atoms with Crippen LogP contribution in [-0.4, -0.2) is 29.1 Å². The standard InChI is InChI=1S/C31H44O4/c1-2-3-4-8-14-23-20-21-24(15-9-6-5-7-10-16-25(33)17-13-22-32)29-28(23)30(34)26-18-11-12-19-27(26)31(29)35/h11-12,18-21,23-24,28-29,32H,2-10,13-17,22H2,1H3. The summed E-state index contributed by atoms with van der Waals surface area (Å²) < 4.78 is 0. The van der Waals surface area contributed by atoms with Gasteiger partial charge in [-0.15, -0.1) is 0 Å². The number of ketones is 3. The van der Waals surface area contributed by atoms with Gasteiger partial charge in [0.15, 0.2) is 11.6 Å². The average Bonchev–Trinajstić information content (AvgIpc) is 2.88. The summed E-state index contributed by atoms with van der Waals surface area (Å²) in [7, 11) is 0. The molecule has 0 aliphatic heterocycles. The van der Waals surface area contributed by atoms with E-state index >= 15 is 0 Å². The Balaban J connectivity index is 1.57. The Kier molecular flexibility index (Phi) is 11.4. The molecule has 2 aliphatic carbocycles. The summed E-state index contributed by atoms with van der Waals surface area (Å²) in [5, 5.41) is 8.82. The van der Waals surface area contributed by atoms with E-state index in [1.54, 1.807) is 0 Å². The molecule has 0 amide bonds. The number of carbonyl (C=O) groups is 3. The maximum atomic E-state index is 13.6. The summed E-state index contributed by atoms with van der Waals surface area (Å²) >= 11 is 0. The molecule has 0 radical (unpaired) electrons. The summed E-state index contributed by atoms with van der Waals surface area (Å²) in [6.45, 7) is 2.29. The smallest absolute Gasteiger partial charge is 0.168 e. The predicted octanol–water partition coefficient (Wildman–Crippen LogP) is 7.14. The molecule has 4 heteroatoms. The molecule has 1 N–H and O–H groups in total. The van der Waals surface area contributed by atoms with Crippen molar-refractivity contribution in [3.63, 3.8) is 0 Å². The van der Waals surface area contributed by atoms with E-state index < -0.39 is 0 Å². The summed E-state index contributed by atoms with van der Waals surface area (Å²) in [5.41, 5.74) is 1.24. The fraction of sp³-hybridized carbons (Fsp3) is 0.645. The third-order valence-corrected chi connectivity index (χ3v) is 7.98. The number of fused-ring (bicyclic) bond motifs is 2. The number of rotatable bonds is 16. The lowest BCUT2D eigenvalue weighted by atomic mass is 9.60. The second-order valence-electron chi connectivity index (χ2n) is 10.6. The number of aliphatic hydroxyl groups excluding tert-OH is 1. The van der Waals surface area contributed by atoms with Crippen LogP contribution in [0.25, 0.3) is 0 Å². The van der Waals surface area contributed by atoms with E-state index in [1.165, 1.54) is 19.3 Å². The van der Waals surface area contributed by atoms with Crippen molar-refractivity contribution in [1.82, 2.24) is 0 Å². The Hall–Kier alpha value is -2.07. The number of carbonyl (C=O) groups excluding carboxylic acids is 3. The molecule has 0 aromatic heterocycles. The van der Waals surface area contributed by atoms with E-state index in [9.17, 15) is 14.4 Å². The second kappa shape index (κ2) is 14.5. The highest BCUT2D eigenvalue weighted by atomic mass is 16.3. The third-order valence-electron chi connectivity index (χ3n) is 7.98. The summed E-state index contributed by atoms with van der Waals surface area (Å²) in [6.07, 6.45) is 18.0. The molecule has 2 aliphatic rings.